The summed E-state index contributed by atoms with van der Waals surface area (Å²) < 4.78 is 0. The summed E-state index contributed by atoms with van der Waals surface area (Å²) in [5.74, 6) is 1.70. The van der Waals surface area contributed by atoms with Gasteiger partial charge in [-0.2, -0.15) is 23.5 Å². The van der Waals surface area contributed by atoms with Crippen LogP contribution in [0, 0.1) is 11.8 Å². The van der Waals surface area contributed by atoms with Crippen LogP contribution in [0.5, 0.6) is 0 Å². The van der Waals surface area contributed by atoms with Gasteiger partial charge in [0, 0.05) is 0 Å². The van der Waals surface area contributed by atoms with Gasteiger partial charge in [0.1, 0.15) is 0 Å². The SMILES string of the molecule is CCSCCC[C@@H](CC[C@H](CCCSCC)C(=O)O)C(=O)O. The van der Waals surface area contributed by atoms with Gasteiger partial charge in [-0.05, 0) is 61.5 Å². The highest BCUT2D eigenvalue weighted by Crippen LogP contribution is 2.22. The predicted octanol–water partition coefficient (Wildman–Crippen LogP) is 4.23. The second-order valence-corrected chi connectivity index (χ2v) is 8.11. The van der Waals surface area contributed by atoms with Crippen molar-refractivity contribution in [2.24, 2.45) is 11.8 Å². The van der Waals surface area contributed by atoms with Gasteiger partial charge in [-0.15, -0.1) is 0 Å². The summed E-state index contributed by atoms with van der Waals surface area (Å²) in [5, 5.41) is 18.5. The normalized spacial score (nSPS) is 13.7. The van der Waals surface area contributed by atoms with E-state index >= 15 is 0 Å². The van der Waals surface area contributed by atoms with Crippen LogP contribution in [-0.4, -0.2) is 45.2 Å². The van der Waals surface area contributed by atoms with Crippen LogP contribution in [0.25, 0.3) is 0 Å². The number of hydrogen-bond donors (Lipinski definition) is 2. The Labute approximate surface area is 142 Å². The van der Waals surface area contributed by atoms with Crippen LogP contribution < -0.4 is 0 Å². The van der Waals surface area contributed by atoms with E-state index in [1.807, 2.05) is 23.5 Å². The van der Waals surface area contributed by atoms with E-state index in [1.54, 1.807) is 0 Å². The minimum Gasteiger partial charge on any atom is -0.481 e. The van der Waals surface area contributed by atoms with Gasteiger partial charge in [0.05, 0.1) is 11.8 Å². The lowest BCUT2D eigenvalue weighted by Crippen LogP contribution is -2.19. The van der Waals surface area contributed by atoms with Gasteiger partial charge in [-0.1, -0.05) is 13.8 Å². The van der Waals surface area contributed by atoms with Gasteiger partial charge in [-0.3, -0.25) is 9.59 Å². The quantitative estimate of drug-likeness (QED) is 0.430. The summed E-state index contributed by atoms with van der Waals surface area (Å²) in [5.41, 5.74) is 0. The van der Waals surface area contributed by atoms with E-state index in [9.17, 15) is 19.8 Å². The predicted molar refractivity (Wildman–Crippen MR) is 96.0 cm³/mol. The van der Waals surface area contributed by atoms with Gasteiger partial charge in [0.15, 0.2) is 0 Å². The van der Waals surface area contributed by atoms with Crippen molar-refractivity contribution in [1.29, 1.82) is 0 Å². The minimum atomic E-state index is -0.785. The van der Waals surface area contributed by atoms with Crippen molar-refractivity contribution in [2.45, 2.75) is 52.4 Å². The Kier molecular flexibility index (Phi) is 14.0. The lowest BCUT2D eigenvalue weighted by molar-refractivity contribution is -0.145. The molecule has 2 atom stereocenters. The van der Waals surface area contributed by atoms with Gasteiger partial charge < -0.3 is 10.2 Å². The summed E-state index contributed by atoms with van der Waals surface area (Å²) >= 11 is 3.63. The highest BCUT2D eigenvalue weighted by atomic mass is 32.2. The van der Waals surface area contributed by atoms with Crippen molar-refractivity contribution in [3.8, 4) is 0 Å². The monoisotopic (exact) mass is 350 g/mol. The zero-order valence-electron chi connectivity index (χ0n) is 13.8. The van der Waals surface area contributed by atoms with E-state index in [0.717, 1.165) is 35.9 Å². The van der Waals surface area contributed by atoms with Crippen molar-refractivity contribution in [1.82, 2.24) is 0 Å². The standard InChI is InChI=1S/C16H30O4S2/c1-3-21-11-5-7-13(15(17)18)9-10-14(16(19)20)8-6-12-22-4-2/h13-14H,3-12H2,1-2H3,(H,17,18)(H,19,20)/t13-,14-/m0/s1. The van der Waals surface area contributed by atoms with Crippen molar-refractivity contribution >= 4 is 35.5 Å². The third-order valence-electron chi connectivity index (χ3n) is 3.65. The third kappa shape index (κ3) is 11.2. The fraction of sp³-hybridized carbons (Fsp3) is 0.875. The molecular weight excluding hydrogens is 320 g/mol. The first-order valence-corrected chi connectivity index (χ1v) is 10.4. The number of carbonyl (C=O) groups is 2. The van der Waals surface area contributed by atoms with E-state index in [0.29, 0.717) is 25.7 Å². The summed E-state index contributed by atoms with van der Waals surface area (Å²) in [4.78, 5) is 22.6. The largest absolute Gasteiger partial charge is 0.481 e. The maximum Gasteiger partial charge on any atom is 0.306 e. The molecule has 6 heteroatoms. The molecule has 0 rings (SSSR count). The lowest BCUT2D eigenvalue weighted by Gasteiger charge is -2.16. The first kappa shape index (κ1) is 21.6. The van der Waals surface area contributed by atoms with E-state index < -0.39 is 23.8 Å². The summed E-state index contributed by atoms with van der Waals surface area (Å²) in [6.07, 6.45) is 4.04. The highest BCUT2D eigenvalue weighted by molar-refractivity contribution is 7.99. The van der Waals surface area contributed by atoms with E-state index in [1.165, 1.54) is 0 Å². The Morgan fingerprint density at radius 2 is 1.14 bits per heavy atom. The first-order valence-electron chi connectivity index (χ1n) is 8.13. The molecule has 0 aromatic rings. The molecular formula is C16H30O4S2. The molecule has 2 N–H and O–H groups in total. The molecule has 0 bridgehead atoms. The Morgan fingerprint density at radius 3 is 1.41 bits per heavy atom. The smallest absolute Gasteiger partial charge is 0.306 e. The van der Waals surface area contributed by atoms with Gasteiger partial charge in [-0.25, -0.2) is 0 Å². The summed E-state index contributed by atoms with van der Waals surface area (Å²) in [6.45, 7) is 4.18. The molecule has 0 heterocycles. The number of rotatable bonds is 15. The second-order valence-electron chi connectivity index (χ2n) is 5.33. The fourth-order valence-electron chi connectivity index (χ4n) is 2.34. The van der Waals surface area contributed by atoms with Crippen LogP contribution in [-0.2, 0) is 9.59 Å². The van der Waals surface area contributed by atoms with Gasteiger partial charge in [0.2, 0.25) is 0 Å². The van der Waals surface area contributed by atoms with Crippen LogP contribution in [0.15, 0.2) is 0 Å². The average Bonchev–Trinajstić information content (AvgIpc) is 2.47. The molecule has 0 aromatic heterocycles. The van der Waals surface area contributed by atoms with Crippen LogP contribution in [0.2, 0.25) is 0 Å². The topological polar surface area (TPSA) is 74.6 Å². The number of thioether (sulfide) groups is 2. The molecule has 0 aliphatic rings. The van der Waals surface area contributed by atoms with Crippen LogP contribution >= 0.6 is 23.5 Å². The van der Waals surface area contributed by atoms with Crippen LogP contribution in [0.4, 0.5) is 0 Å². The Morgan fingerprint density at radius 1 is 0.773 bits per heavy atom. The summed E-state index contributed by atoms with van der Waals surface area (Å²) in [6, 6.07) is 0. The van der Waals surface area contributed by atoms with E-state index in [2.05, 4.69) is 13.8 Å². The number of carboxylic acids is 2. The highest BCUT2D eigenvalue weighted by Gasteiger charge is 2.22. The molecule has 22 heavy (non-hydrogen) atoms. The van der Waals surface area contributed by atoms with Crippen molar-refractivity contribution in [3.63, 3.8) is 0 Å². The molecule has 0 fully saturated rings. The van der Waals surface area contributed by atoms with Crippen LogP contribution in [0.3, 0.4) is 0 Å². The molecule has 130 valence electrons. The molecule has 0 saturated heterocycles. The molecule has 0 aliphatic carbocycles. The fourth-order valence-corrected chi connectivity index (χ4v) is 3.66. The number of hydrogen-bond acceptors (Lipinski definition) is 4. The first-order chi connectivity index (χ1) is 10.5. The molecule has 0 aromatic carbocycles. The van der Waals surface area contributed by atoms with Crippen molar-refractivity contribution < 1.29 is 19.8 Å². The third-order valence-corrected chi connectivity index (χ3v) is 5.62. The maximum atomic E-state index is 11.3. The molecule has 0 saturated carbocycles. The average molecular weight is 351 g/mol. The maximum absolute atomic E-state index is 11.3. The minimum absolute atomic E-state index is 0.399. The van der Waals surface area contributed by atoms with Crippen LogP contribution in [0.1, 0.15) is 52.4 Å². The molecule has 0 unspecified atom stereocenters. The lowest BCUT2D eigenvalue weighted by atomic mass is 9.90. The Hall–Kier alpha value is -0.360. The Bertz CT molecular complexity index is 281. The number of aliphatic carboxylic acids is 2. The molecule has 0 spiro atoms. The second kappa shape index (κ2) is 14.2. The zero-order chi connectivity index (χ0) is 16.8. The summed E-state index contributed by atoms with van der Waals surface area (Å²) in [7, 11) is 0. The zero-order valence-corrected chi connectivity index (χ0v) is 15.4. The molecule has 0 amide bonds. The van der Waals surface area contributed by atoms with E-state index in [4.69, 9.17) is 0 Å². The van der Waals surface area contributed by atoms with Gasteiger partial charge in [0.25, 0.3) is 0 Å². The van der Waals surface area contributed by atoms with E-state index in [-0.39, 0.29) is 0 Å². The van der Waals surface area contributed by atoms with Crippen molar-refractivity contribution in [2.75, 3.05) is 23.0 Å². The molecule has 4 nitrogen and oxygen atoms in total. The van der Waals surface area contributed by atoms with Gasteiger partial charge >= 0.3 is 11.9 Å². The molecule has 0 radical (unpaired) electrons. The number of carboxylic acid groups (broad SMARTS) is 2. The molecule has 0 aliphatic heterocycles. The Balaban J connectivity index is 4.15. The van der Waals surface area contributed by atoms with Crippen molar-refractivity contribution in [3.05, 3.63) is 0 Å².